The topological polar surface area (TPSA) is 124 Å². The van der Waals surface area contributed by atoms with Gasteiger partial charge in [0.25, 0.3) is 0 Å². The van der Waals surface area contributed by atoms with Crippen molar-refractivity contribution in [2.45, 2.75) is 66.3 Å². The zero-order chi connectivity index (χ0) is 23.2. The molecule has 0 aromatic carbocycles. The number of rotatable bonds is 12. The van der Waals surface area contributed by atoms with E-state index in [1.54, 1.807) is 13.8 Å². The van der Waals surface area contributed by atoms with E-state index in [1.807, 2.05) is 0 Å². The summed E-state index contributed by atoms with van der Waals surface area (Å²) in [5, 5.41) is 0. The van der Waals surface area contributed by atoms with Crippen LogP contribution in [0.15, 0.2) is 12.7 Å². The lowest BCUT2D eigenvalue weighted by Crippen LogP contribution is -2.48. The summed E-state index contributed by atoms with van der Waals surface area (Å²) in [5.41, 5.74) is 6.58. The van der Waals surface area contributed by atoms with Crippen LogP contribution in [0.25, 0.3) is 11.2 Å². The van der Waals surface area contributed by atoms with E-state index in [0.717, 1.165) is 0 Å². The summed E-state index contributed by atoms with van der Waals surface area (Å²) in [7, 11) is -4.29. The molecule has 12 heteroatoms. The number of hydrogen-bond donors (Lipinski definition) is 1. The maximum Gasteiger partial charge on any atom is 0.330 e. The molecule has 0 saturated heterocycles. The van der Waals surface area contributed by atoms with Gasteiger partial charge < -0.3 is 24.0 Å². The second-order valence-electron chi connectivity index (χ2n) is 8.42. The Morgan fingerprint density at radius 2 is 1.81 bits per heavy atom. The van der Waals surface area contributed by atoms with E-state index in [1.165, 1.54) is 17.4 Å². The van der Waals surface area contributed by atoms with Gasteiger partial charge in [-0.25, -0.2) is 15.0 Å². The average molecular weight is 473 g/mol. The van der Waals surface area contributed by atoms with Crippen molar-refractivity contribution in [1.82, 2.24) is 19.7 Å². The first kappa shape index (κ1) is 25.7. The van der Waals surface area contributed by atoms with Gasteiger partial charge >= 0.3 is 7.60 Å². The number of fused-ring (bicyclic) bond motifs is 1. The van der Waals surface area contributed by atoms with Gasteiger partial charge in [0.1, 0.15) is 12.7 Å². The molecule has 2 rings (SSSR count). The molecule has 2 heterocycles. The lowest BCUT2D eigenvalue weighted by atomic mass is 9.85. The van der Waals surface area contributed by atoms with Crippen LogP contribution in [0.4, 0.5) is 5.82 Å². The van der Waals surface area contributed by atoms with E-state index in [2.05, 4.69) is 48.8 Å². The van der Waals surface area contributed by atoms with E-state index in [9.17, 15) is 4.57 Å². The molecule has 0 aliphatic heterocycles. The monoisotopic (exact) mass is 472 g/mol. The Labute approximate surface area is 186 Å². The maximum atomic E-state index is 13.1. The van der Waals surface area contributed by atoms with Gasteiger partial charge in [0.05, 0.1) is 25.5 Å². The molecule has 2 N–H and O–H groups in total. The van der Waals surface area contributed by atoms with Gasteiger partial charge in [-0.15, -0.1) is 0 Å². The zero-order valence-electron chi connectivity index (χ0n) is 19.5. The largest absolute Gasteiger partial charge is 0.410 e. The fourth-order valence-corrected chi connectivity index (χ4v) is 5.93. The molecule has 2 aromatic heterocycles. The van der Waals surface area contributed by atoms with Gasteiger partial charge in [0.2, 0.25) is 14.7 Å². The van der Waals surface area contributed by atoms with Gasteiger partial charge in [-0.3, -0.25) is 4.57 Å². The summed E-state index contributed by atoms with van der Waals surface area (Å²) < 4.78 is 31.9. The molecular weight excluding hydrogens is 437 g/mol. The summed E-state index contributed by atoms with van der Waals surface area (Å²) in [6.45, 7) is 14.6. The van der Waals surface area contributed by atoms with E-state index >= 15 is 0 Å². The van der Waals surface area contributed by atoms with Crippen LogP contribution in [0, 0.1) is 5.41 Å². The number of nitrogens with two attached hydrogens (primary N) is 1. The number of aromatic nitrogens is 4. The summed E-state index contributed by atoms with van der Waals surface area (Å²) >= 11 is 0. The molecule has 2 aromatic rings. The highest BCUT2D eigenvalue weighted by molar-refractivity contribution is 7.53. The molecule has 0 fully saturated rings. The molecule has 10 nitrogen and oxygen atoms in total. The van der Waals surface area contributed by atoms with Crippen molar-refractivity contribution in [2.75, 3.05) is 25.1 Å². The predicted molar refractivity (Wildman–Crippen MR) is 122 cm³/mol. The van der Waals surface area contributed by atoms with Crippen molar-refractivity contribution in [2.24, 2.45) is 5.41 Å². The molecule has 0 amide bonds. The number of nitrogen functional groups attached to an aromatic ring is 1. The molecule has 0 bridgehead atoms. The Morgan fingerprint density at radius 3 is 2.35 bits per heavy atom. The molecule has 2 atom stereocenters. The van der Waals surface area contributed by atoms with Crippen molar-refractivity contribution < 1.29 is 22.9 Å². The second-order valence-corrected chi connectivity index (χ2v) is 12.7. The molecule has 31 heavy (non-hydrogen) atoms. The predicted octanol–water partition coefficient (Wildman–Crippen LogP) is 3.54. The highest BCUT2D eigenvalue weighted by Gasteiger charge is 2.38. The summed E-state index contributed by atoms with van der Waals surface area (Å²) in [6, 6.07) is 0. The first-order valence-electron chi connectivity index (χ1n) is 10.5. The van der Waals surface area contributed by atoms with Crippen molar-refractivity contribution in [1.29, 1.82) is 0 Å². The van der Waals surface area contributed by atoms with Crippen molar-refractivity contribution in [3.63, 3.8) is 0 Å². The molecule has 0 spiro atoms. The number of anilines is 1. The first-order valence-corrected chi connectivity index (χ1v) is 14.6. The van der Waals surface area contributed by atoms with Crippen LogP contribution in [0.5, 0.6) is 0 Å². The molecule has 0 saturated carbocycles. The fraction of sp³-hybridized carbons (Fsp3) is 0.737. The Balaban J connectivity index is 2.38. The van der Waals surface area contributed by atoms with Crippen molar-refractivity contribution in [3.8, 4) is 0 Å². The molecular formula is C19H35N5O5PSi. The SMILES string of the molecule is CCOP(=O)(CCC(On1cnc2c(N)ncnc21)C(O[Si](C)C)C(C)(C)C)OCC. The molecule has 1 radical (unpaired) electrons. The fourth-order valence-electron chi connectivity index (χ4n) is 3.22. The lowest BCUT2D eigenvalue weighted by Gasteiger charge is -2.38. The van der Waals surface area contributed by atoms with Crippen LogP contribution in [-0.4, -0.2) is 60.3 Å². The van der Waals surface area contributed by atoms with E-state index in [4.69, 9.17) is 24.0 Å². The van der Waals surface area contributed by atoms with Crippen molar-refractivity contribution in [3.05, 3.63) is 12.7 Å². The van der Waals surface area contributed by atoms with Gasteiger partial charge in [0.15, 0.2) is 17.4 Å². The average Bonchev–Trinajstić information content (AvgIpc) is 3.07. The summed E-state index contributed by atoms with van der Waals surface area (Å²) in [5.74, 6) is 0.275. The highest BCUT2D eigenvalue weighted by atomic mass is 31.2. The lowest BCUT2D eigenvalue weighted by molar-refractivity contribution is -0.0733. The van der Waals surface area contributed by atoms with Gasteiger partial charge in [-0.05, 0) is 32.4 Å². The molecule has 0 aliphatic rings. The minimum absolute atomic E-state index is 0.203. The van der Waals surface area contributed by atoms with Crippen LogP contribution < -0.4 is 10.6 Å². The van der Waals surface area contributed by atoms with Gasteiger partial charge in [-0.1, -0.05) is 20.8 Å². The van der Waals surface area contributed by atoms with Gasteiger partial charge in [0, 0.05) is 6.42 Å². The Bertz CT molecular complexity index is 878. The summed E-state index contributed by atoms with van der Waals surface area (Å²) in [4.78, 5) is 18.8. The standard InChI is InChI=1S/C19H35N5O5PSi/c1-8-26-30(25,27-9-2)11-10-14(16(19(3,4)5)29-31(6)7)28-24-13-23-15-17(20)21-12-22-18(15)24/h12-14,16H,8-11H2,1-7H3,(H2,20,21,22). The number of imidazole rings is 1. The van der Waals surface area contributed by atoms with Crippen molar-refractivity contribution >= 4 is 33.6 Å². The second kappa shape index (κ2) is 10.9. The minimum Gasteiger partial charge on any atom is -0.410 e. The van der Waals surface area contributed by atoms with E-state index < -0.39 is 22.7 Å². The zero-order valence-corrected chi connectivity index (χ0v) is 21.4. The van der Waals surface area contributed by atoms with Crippen LogP contribution >= 0.6 is 7.60 Å². The molecule has 0 aliphatic carbocycles. The van der Waals surface area contributed by atoms with Crippen LogP contribution in [-0.2, 0) is 18.0 Å². The van der Waals surface area contributed by atoms with E-state index in [-0.39, 0.29) is 23.5 Å². The molecule has 175 valence electrons. The Morgan fingerprint density at radius 1 is 1.16 bits per heavy atom. The summed E-state index contributed by atoms with van der Waals surface area (Å²) in [6.07, 6.45) is 2.75. The van der Waals surface area contributed by atoms with Crippen LogP contribution in [0.2, 0.25) is 13.1 Å². The van der Waals surface area contributed by atoms with Gasteiger partial charge in [-0.2, -0.15) is 4.73 Å². The first-order chi connectivity index (χ1) is 14.5. The Kier molecular flexibility index (Phi) is 9.02. The van der Waals surface area contributed by atoms with E-state index in [0.29, 0.717) is 30.8 Å². The minimum atomic E-state index is -3.24. The third-order valence-corrected chi connectivity index (χ3v) is 7.31. The smallest absolute Gasteiger partial charge is 0.330 e. The quantitative estimate of drug-likeness (QED) is 0.365. The third kappa shape index (κ3) is 6.98. The molecule has 2 unspecified atom stereocenters. The highest BCUT2D eigenvalue weighted by Crippen LogP contribution is 2.49. The van der Waals surface area contributed by atoms with Crippen LogP contribution in [0.3, 0.4) is 0 Å². The maximum absolute atomic E-state index is 13.1. The van der Waals surface area contributed by atoms with Crippen LogP contribution in [0.1, 0.15) is 41.0 Å². The normalized spacial score (nSPS) is 14.8. The third-order valence-electron chi connectivity index (χ3n) is 4.47. The number of nitrogens with zero attached hydrogens (tertiary/aromatic N) is 4. The Hall–Kier alpha value is -1.52. The number of hydrogen-bond acceptors (Lipinski definition) is 9.